The molecule has 0 aliphatic heterocycles. The highest BCUT2D eigenvalue weighted by Crippen LogP contribution is 2.26. The summed E-state index contributed by atoms with van der Waals surface area (Å²) in [7, 11) is 0. The largest absolute Gasteiger partial charge is 0.435 e. The number of hydrogen-bond acceptors (Lipinski definition) is 5. The summed E-state index contributed by atoms with van der Waals surface area (Å²) in [5.41, 5.74) is 6.60. The van der Waals surface area contributed by atoms with Gasteiger partial charge in [-0.1, -0.05) is 0 Å². The maximum atomic E-state index is 8.67. The third-order valence-corrected chi connectivity index (χ3v) is 1.89. The van der Waals surface area contributed by atoms with E-state index in [9.17, 15) is 0 Å². The van der Waals surface area contributed by atoms with Gasteiger partial charge in [0.25, 0.3) is 0 Å². The molecule has 0 fully saturated rings. The second-order valence-electron chi connectivity index (χ2n) is 3.01. The number of aromatic nitrogens is 2. The minimum absolute atomic E-state index is 0.360. The lowest BCUT2D eigenvalue weighted by atomic mass is 10.2. The van der Waals surface area contributed by atoms with Crippen molar-refractivity contribution in [2.45, 2.75) is 0 Å². The number of nitrogens with zero attached hydrogens (tertiary/aromatic N) is 3. The topological polar surface area (TPSA) is 84.8 Å². The van der Waals surface area contributed by atoms with Crippen molar-refractivity contribution in [3.8, 4) is 17.7 Å². The molecule has 1 aromatic carbocycles. The summed E-state index contributed by atoms with van der Waals surface area (Å²) in [5, 5.41) is 8.67. The fourth-order valence-electron chi connectivity index (χ4n) is 1.16. The van der Waals surface area contributed by atoms with Crippen LogP contribution in [0.5, 0.6) is 11.6 Å². The summed E-state index contributed by atoms with van der Waals surface area (Å²) >= 11 is 0. The van der Waals surface area contributed by atoms with E-state index in [1.54, 1.807) is 24.4 Å². The maximum Gasteiger partial charge on any atom is 0.237 e. The van der Waals surface area contributed by atoms with Gasteiger partial charge in [0, 0.05) is 12.4 Å². The molecule has 1 aromatic heterocycles. The summed E-state index contributed by atoms with van der Waals surface area (Å²) < 4.78 is 5.40. The van der Waals surface area contributed by atoms with Gasteiger partial charge in [-0.25, -0.2) is 4.98 Å². The summed E-state index contributed by atoms with van der Waals surface area (Å²) in [6.07, 6.45) is 4.56. The summed E-state index contributed by atoms with van der Waals surface area (Å²) in [6.45, 7) is 0. The third-order valence-electron chi connectivity index (χ3n) is 1.89. The fourth-order valence-corrected chi connectivity index (χ4v) is 1.16. The van der Waals surface area contributed by atoms with Crippen LogP contribution < -0.4 is 10.5 Å². The van der Waals surface area contributed by atoms with Crippen LogP contribution in [-0.4, -0.2) is 9.97 Å². The van der Waals surface area contributed by atoms with Gasteiger partial charge in [0.15, 0.2) is 5.75 Å². The average Bonchev–Trinajstić information content (AvgIpc) is 2.33. The lowest BCUT2D eigenvalue weighted by molar-refractivity contribution is 0.462. The van der Waals surface area contributed by atoms with Crippen LogP contribution >= 0.6 is 0 Å². The van der Waals surface area contributed by atoms with Crippen molar-refractivity contribution in [3.05, 3.63) is 42.4 Å². The van der Waals surface area contributed by atoms with Crippen LogP contribution in [0.3, 0.4) is 0 Å². The van der Waals surface area contributed by atoms with Crippen LogP contribution in [0, 0.1) is 11.3 Å². The van der Waals surface area contributed by atoms with Crippen molar-refractivity contribution < 1.29 is 4.74 Å². The van der Waals surface area contributed by atoms with E-state index in [0.29, 0.717) is 22.9 Å². The first-order valence-corrected chi connectivity index (χ1v) is 4.53. The van der Waals surface area contributed by atoms with Gasteiger partial charge in [-0.3, -0.25) is 4.98 Å². The second-order valence-corrected chi connectivity index (χ2v) is 3.01. The molecular weight excluding hydrogens is 204 g/mol. The molecule has 78 valence electrons. The third kappa shape index (κ3) is 2.07. The number of nitrogen functional groups attached to an aromatic ring is 1. The van der Waals surface area contributed by atoms with E-state index in [4.69, 9.17) is 15.7 Å². The molecule has 5 nitrogen and oxygen atoms in total. The van der Waals surface area contributed by atoms with E-state index in [2.05, 4.69) is 9.97 Å². The Morgan fingerprint density at radius 1 is 1.31 bits per heavy atom. The van der Waals surface area contributed by atoms with Crippen molar-refractivity contribution in [1.82, 2.24) is 9.97 Å². The molecule has 2 aromatic rings. The van der Waals surface area contributed by atoms with E-state index >= 15 is 0 Å². The zero-order valence-corrected chi connectivity index (χ0v) is 8.29. The van der Waals surface area contributed by atoms with E-state index < -0.39 is 0 Å². The SMILES string of the molecule is N#Cc1ccc(Oc2cnccn2)c(N)c1. The smallest absolute Gasteiger partial charge is 0.237 e. The Hall–Kier alpha value is -2.61. The van der Waals surface area contributed by atoms with Crippen LogP contribution in [0.4, 0.5) is 5.69 Å². The molecular formula is C11H8N4O. The standard InChI is InChI=1S/C11H8N4O/c12-6-8-1-2-10(9(13)5-8)16-11-7-14-3-4-15-11/h1-5,7H,13H2. The van der Waals surface area contributed by atoms with E-state index in [1.165, 1.54) is 12.4 Å². The molecule has 0 bridgehead atoms. The van der Waals surface area contributed by atoms with Gasteiger partial charge in [0.05, 0.1) is 23.5 Å². The monoisotopic (exact) mass is 212 g/mol. The molecule has 0 saturated heterocycles. The Kier molecular flexibility index (Phi) is 2.65. The first-order chi connectivity index (χ1) is 7.79. The molecule has 0 radical (unpaired) electrons. The number of anilines is 1. The van der Waals surface area contributed by atoms with Crippen LogP contribution in [0.2, 0.25) is 0 Å². The molecule has 0 saturated carbocycles. The lowest BCUT2D eigenvalue weighted by Crippen LogP contribution is -1.94. The Morgan fingerprint density at radius 3 is 2.81 bits per heavy atom. The van der Waals surface area contributed by atoms with E-state index in [-0.39, 0.29) is 0 Å². The minimum atomic E-state index is 0.360. The van der Waals surface area contributed by atoms with Gasteiger partial charge in [-0.15, -0.1) is 0 Å². The molecule has 0 unspecified atom stereocenters. The highest BCUT2D eigenvalue weighted by atomic mass is 16.5. The maximum absolute atomic E-state index is 8.67. The average molecular weight is 212 g/mol. The Bertz CT molecular complexity index is 533. The zero-order chi connectivity index (χ0) is 11.4. The highest BCUT2D eigenvalue weighted by molar-refractivity contribution is 5.57. The number of benzene rings is 1. The molecule has 2 rings (SSSR count). The van der Waals surface area contributed by atoms with Crippen LogP contribution in [0.15, 0.2) is 36.8 Å². The summed E-state index contributed by atoms with van der Waals surface area (Å²) in [4.78, 5) is 7.82. The van der Waals surface area contributed by atoms with Crippen LogP contribution in [0.25, 0.3) is 0 Å². The number of nitriles is 1. The predicted molar refractivity (Wildman–Crippen MR) is 57.7 cm³/mol. The molecule has 0 spiro atoms. The van der Waals surface area contributed by atoms with Crippen LogP contribution in [0.1, 0.15) is 5.56 Å². The van der Waals surface area contributed by atoms with Crippen molar-refractivity contribution in [3.63, 3.8) is 0 Å². The van der Waals surface area contributed by atoms with Crippen molar-refractivity contribution in [2.24, 2.45) is 0 Å². The van der Waals surface area contributed by atoms with Crippen molar-refractivity contribution >= 4 is 5.69 Å². The first kappa shape index (κ1) is 9.93. The predicted octanol–water partition coefficient (Wildman–Crippen LogP) is 1.72. The van der Waals surface area contributed by atoms with Crippen molar-refractivity contribution in [2.75, 3.05) is 5.73 Å². The van der Waals surface area contributed by atoms with Gasteiger partial charge >= 0.3 is 0 Å². The molecule has 0 aliphatic carbocycles. The quantitative estimate of drug-likeness (QED) is 0.766. The van der Waals surface area contributed by atoms with Gasteiger partial charge in [0.1, 0.15) is 0 Å². The first-order valence-electron chi connectivity index (χ1n) is 4.53. The Morgan fingerprint density at radius 2 is 2.19 bits per heavy atom. The van der Waals surface area contributed by atoms with Gasteiger partial charge in [-0.05, 0) is 18.2 Å². The number of rotatable bonds is 2. The molecule has 1 heterocycles. The molecule has 5 heteroatoms. The minimum Gasteiger partial charge on any atom is -0.435 e. The molecule has 0 aliphatic rings. The number of nitrogens with two attached hydrogens (primary N) is 1. The fraction of sp³-hybridized carbons (Fsp3) is 0. The molecule has 16 heavy (non-hydrogen) atoms. The molecule has 2 N–H and O–H groups in total. The zero-order valence-electron chi connectivity index (χ0n) is 8.29. The second kappa shape index (κ2) is 4.28. The highest BCUT2D eigenvalue weighted by Gasteiger charge is 2.03. The Labute approximate surface area is 92.1 Å². The van der Waals surface area contributed by atoms with Gasteiger partial charge in [-0.2, -0.15) is 5.26 Å². The van der Waals surface area contributed by atoms with E-state index in [1.807, 2.05) is 6.07 Å². The summed E-state index contributed by atoms with van der Waals surface area (Å²) in [6, 6.07) is 6.80. The molecule has 0 amide bonds. The van der Waals surface area contributed by atoms with Crippen LogP contribution in [-0.2, 0) is 0 Å². The summed E-state index contributed by atoms with van der Waals surface area (Å²) in [5.74, 6) is 0.818. The molecule has 0 atom stereocenters. The normalized spacial score (nSPS) is 9.44. The number of ether oxygens (including phenoxy) is 1. The lowest BCUT2D eigenvalue weighted by Gasteiger charge is -2.06. The van der Waals surface area contributed by atoms with Gasteiger partial charge in [0.2, 0.25) is 5.88 Å². The Balaban J connectivity index is 2.27. The van der Waals surface area contributed by atoms with Gasteiger partial charge < -0.3 is 10.5 Å². The van der Waals surface area contributed by atoms with Crippen molar-refractivity contribution in [1.29, 1.82) is 5.26 Å². The number of hydrogen-bond donors (Lipinski definition) is 1. The van der Waals surface area contributed by atoms with E-state index in [0.717, 1.165) is 0 Å².